The number of fused-ring (bicyclic) bond motifs is 1. The lowest BCUT2D eigenvalue weighted by Gasteiger charge is -2.10. The number of aryl methyl sites for hydroxylation is 1. The van der Waals surface area contributed by atoms with Crippen LogP contribution in [0, 0.1) is 11.3 Å². The van der Waals surface area contributed by atoms with Crippen LogP contribution in [0.4, 0.5) is 0 Å². The second-order valence-corrected chi connectivity index (χ2v) is 9.22. The number of aromatic nitrogens is 1. The predicted molar refractivity (Wildman–Crippen MR) is 127 cm³/mol. The van der Waals surface area contributed by atoms with Crippen LogP contribution in [0.2, 0.25) is 0 Å². The molecule has 4 rings (SSSR count). The number of benzene rings is 1. The lowest BCUT2D eigenvalue weighted by molar-refractivity contribution is 0.415. The van der Waals surface area contributed by atoms with E-state index in [1.54, 1.807) is 29.8 Å². The zero-order valence-corrected chi connectivity index (χ0v) is 18.9. The topological polar surface area (TPSA) is 45.9 Å². The molecule has 0 N–H and O–H groups in total. The summed E-state index contributed by atoms with van der Waals surface area (Å²) in [6.45, 7) is 2.23. The first-order chi connectivity index (χ1) is 14.8. The summed E-state index contributed by atoms with van der Waals surface area (Å²) in [7, 11) is 1.66. The molecule has 0 aliphatic rings. The van der Waals surface area contributed by atoms with Gasteiger partial charge in [0.2, 0.25) is 0 Å². The second-order valence-electron chi connectivity index (χ2n) is 7.27. The fourth-order valence-electron chi connectivity index (χ4n) is 3.79. The minimum absolute atomic E-state index is 0.728. The van der Waals surface area contributed by atoms with Crippen LogP contribution in [-0.2, 0) is 6.42 Å². The molecule has 0 saturated carbocycles. The molecule has 5 heteroatoms. The zero-order chi connectivity index (χ0) is 20.9. The van der Waals surface area contributed by atoms with Crippen molar-refractivity contribution in [2.75, 3.05) is 7.11 Å². The van der Waals surface area contributed by atoms with Gasteiger partial charge >= 0.3 is 0 Å². The van der Waals surface area contributed by atoms with Crippen LogP contribution >= 0.6 is 22.7 Å². The fraction of sp³-hybridized carbons (Fsp3) is 0.280. The summed E-state index contributed by atoms with van der Waals surface area (Å²) in [6.07, 6.45) is 7.88. The van der Waals surface area contributed by atoms with Crippen molar-refractivity contribution < 1.29 is 4.74 Å². The Balaban J connectivity index is 1.87. The largest absolute Gasteiger partial charge is 0.497 e. The van der Waals surface area contributed by atoms with Gasteiger partial charge in [0.05, 0.1) is 17.6 Å². The van der Waals surface area contributed by atoms with Crippen LogP contribution in [0.1, 0.15) is 43.7 Å². The number of pyridine rings is 1. The summed E-state index contributed by atoms with van der Waals surface area (Å²) in [4.78, 5) is 7.90. The van der Waals surface area contributed by atoms with Crippen LogP contribution in [0.15, 0.2) is 48.0 Å². The average Bonchev–Trinajstić information content (AvgIpc) is 3.44. The second kappa shape index (κ2) is 9.42. The highest BCUT2D eigenvalue weighted by molar-refractivity contribution is 7.22. The first kappa shape index (κ1) is 20.6. The highest BCUT2D eigenvalue weighted by atomic mass is 32.1. The van der Waals surface area contributed by atoms with E-state index in [0.29, 0.717) is 0 Å². The highest BCUT2D eigenvalue weighted by Crippen LogP contribution is 2.44. The van der Waals surface area contributed by atoms with E-state index < -0.39 is 0 Å². The van der Waals surface area contributed by atoms with Gasteiger partial charge in [0.15, 0.2) is 0 Å². The van der Waals surface area contributed by atoms with Crippen LogP contribution in [0.25, 0.3) is 31.1 Å². The summed E-state index contributed by atoms with van der Waals surface area (Å²) in [5.41, 5.74) is 4.19. The van der Waals surface area contributed by atoms with Crippen molar-refractivity contribution in [3.05, 3.63) is 59.1 Å². The summed E-state index contributed by atoms with van der Waals surface area (Å²) in [5, 5.41) is 13.2. The normalized spacial score (nSPS) is 11.0. The number of unbranched alkanes of at least 4 members (excludes halogenated alkanes) is 3. The van der Waals surface area contributed by atoms with Gasteiger partial charge in [-0.05, 0) is 59.7 Å². The number of ether oxygens (including phenoxy) is 1. The molecular weight excluding hydrogens is 408 g/mol. The Hall–Kier alpha value is -2.68. The van der Waals surface area contributed by atoms with Crippen molar-refractivity contribution in [3.8, 4) is 32.7 Å². The van der Waals surface area contributed by atoms with E-state index in [0.717, 1.165) is 44.8 Å². The van der Waals surface area contributed by atoms with Crippen LogP contribution in [-0.4, -0.2) is 12.1 Å². The average molecular weight is 433 g/mol. The van der Waals surface area contributed by atoms with E-state index in [-0.39, 0.29) is 0 Å². The molecule has 0 unspecified atom stereocenters. The first-order valence-electron chi connectivity index (χ1n) is 10.3. The van der Waals surface area contributed by atoms with Crippen molar-refractivity contribution >= 4 is 32.9 Å². The van der Waals surface area contributed by atoms with Gasteiger partial charge in [-0.25, -0.2) is 4.98 Å². The van der Waals surface area contributed by atoms with E-state index in [1.807, 2.05) is 30.5 Å². The standard InChI is InChI=1S/C25H24N2OS2/c1-3-4-5-6-8-18-16-27-25-23(22(18)21-9-7-14-29-21)20(15-26)24(30-25)17-10-12-19(28-2)13-11-17/h7,9-14,16H,3-6,8H2,1-2H3. The van der Waals surface area contributed by atoms with Gasteiger partial charge in [-0.15, -0.1) is 22.7 Å². The third-order valence-electron chi connectivity index (χ3n) is 5.33. The molecule has 3 nitrogen and oxygen atoms in total. The zero-order valence-electron chi connectivity index (χ0n) is 17.3. The van der Waals surface area contributed by atoms with Gasteiger partial charge in [-0.1, -0.05) is 32.3 Å². The lowest BCUT2D eigenvalue weighted by Crippen LogP contribution is -1.93. The van der Waals surface area contributed by atoms with Crippen molar-refractivity contribution in [1.82, 2.24) is 4.98 Å². The quantitative estimate of drug-likeness (QED) is 0.268. The van der Waals surface area contributed by atoms with Gasteiger partial charge in [0.25, 0.3) is 0 Å². The fourth-order valence-corrected chi connectivity index (χ4v) is 5.71. The van der Waals surface area contributed by atoms with Crippen molar-refractivity contribution in [2.45, 2.75) is 39.0 Å². The van der Waals surface area contributed by atoms with E-state index in [4.69, 9.17) is 9.72 Å². The van der Waals surface area contributed by atoms with E-state index in [9.17, 15) is 5.26 Å². The number of nitrogens with zero attached hydrogens (tertiary/aromatic N) is 2. The van der Waals surface area contributed by atoms with Crippen molar-refractivity contribution in [1.29, 1.82) is 5.26 Å². The molecule has 0 amide bonds. The maximum absolute atomic E-state index is 10.1. The molecule has 3 aromatic heterocycles. The molecule has 4 aromatic rings. The minimum Gasteiger partial charge on any atom is -0.497 e. The summed E-state index contributed by atoms with van der Waals surface area (Å²) in [6, 6.07) is 14.6. The van der Waals surface area contributed by atoms with Crippen LogP contribution in [0.3, 0.4) is 0 Å². The molecule has 0 aliphatic heterocycles. The molecular formula is C25H24N2OS2. The van der Waals surface area contributed by atoms with Crippen LogP contribution in [0.5, 0.6) is 5.75 Å². The van der Waals surface area contributed by atoms with Crippen molar-refractivity contribution in [3.63, 3.8) is 0 Å². The molecule has 152 valence electrons. The monoisotopic (exact) mass is 432 g/mol. The number of hydrogen-bond acceptors (Lipinski definition) is 5. The van der Waals surface area contributed by atoms with Crippen molar-refractivity contribution in [2.24, 2.45) is 0 Å². The lowest BCUT2D eigenvalue weighted by atomic mass is 9.96. The first-order valence-corrected chi connectivity index (χ1v) is 12.0. The Kier molecular flexibility index (Phi) is 6.47. The summed E-state index contributed by atoms with van der Waals surface area (Å²) >= 11 is 3.33. The van der Waals surface area contributed by atoms with Gasteiger partial charge in [-0.3, -0.25) is 0 Å². The van der Waals surface area contributed by atoms with Gasteiger partial charge < -0.3 is 4.74 Å². The number of rotatable bonds is 8. The van der Waals surface area contributed by atoms with Gasteiger partial charge in [0, 0.05) is 22.0 Å². The number of hydrogen-bond donors (Lipinski definition) is 0. The molecule has 0 aliphatic carbocycles. The third-order valence-corrected chi connectivity index (χ3v) is 7.36. The minimum atomic E-state index is 0.728. The Labute approximate surface area is 185 Å². The summed E-state index contributed by atoms with van der Waals surface area (Å²) < 4.78 is 5.29. The molecule has 0 spiro atoms. The van der Waals surface area contributed by atoms with E-state index in [1.165, 1.54) is 35.3 Å². The van der Waals surface area contributed by atoms with Gasteiger partial charge in [0.1, 0.15) is 16.6 Å². The molecule has 1 aromatic carbocycles. The third kappa shape index (κ3) is 3.98. The molecule has 0 saturated heterocycles. The van der Waals surface area contributed by atoms with Crippen LogP contribution < -0.4 is 4.74 Å². The molecule has 0 fully saturated rings. The Bertz CT molecular complexity index is 1170. The van der Waals surface area contributed by atoms with E-state index in [2.05, 4.69) is 30.5 Å². The molecule has 0 radical (unpaired) electrons. The highest BCUT2D eigenvalue weighted by Gasteiger charge is 2.21. The molecule has 3 heterocycles. The Morgan fingerprint density at radius 2 is 1.93 bits per heavy atom. The maximum Gasteiger partial charge on any atom is 0.125 e. The smallest absolute Gasteiger partial charge is 0.125 e. The molecule has 0 bridgehead atoms. The molecule has 0 atom stereocenters. The summed E-state index contributed by atoms with van der Waals surface area (Å²) in [5.74, 6) is 0.810. The maximum atomic E-state index is 10.1. The predicted octanol–water partition coefficient (Wildman–Crippen LogP) is 7.69. The Morgan fingerprint density at radius 3 is 2.60 bits per heavy atom. The SMILES string of the molecule is CCCCCCc1cnc2sc(-c3ccc(OC)cc3)c(C#N)c2c1-c1cccs1. The number of thiophene rings is 2. The number of nitriles is 1. The molecule has 30 heavy (non-hydrogen) atoms. The Morgan fingerprint density at radius 1 is 1.10 bits per heavy atom. The van der Waals surface area contributed by atoms with E-state index >= 15 is 0 Å². The van der Waals surface area contributed by atoms with Gasteiger partial charge in [-0.2, -0.15) is 5.26 Å². The number of methoxy groups -OCH3 is 1.